The van der Waals surface area contributed by atoms with Gasteiger partial charge in [-0.25, -0.2) is 9.97 Å². The molecule has 0 amide bonds. The molecule has 0 aromatic carbocycles. The molecule has 4 nitrogen and oxygen atoms in total. The summed E-state index contributed by atoms with van der Waals surface area (Å²) in [4.78, 5) is 10.4. The normalized spacial score (nSPS) is 17.4. The summed E-state index contributed by atoms with van der Waals surface area (Å²) >= 11 is 0. The molecule has 0 N–H and O–H groups in total. The number of ether oxygens (including phenoxy) is 1. The van der Waals surface area contributed by atoms with Crippen molar-refractivity contribution in [2.45, 2.75) is 0 Å². The molecule has 2 heterocycles. The fourth-order valence-corrected chi connectivity index (χ4v) is 1.26. The zero-order valence-corrected chi connectivity index (χ0v) is 7.31. The maximum atomic E-state index is 5.49. The van der Waals surface area contributed by atoms with Gasteiger partial charge >= 0.3 is 0 Å². The van der Waals surface area contributed by atoms with Gasteiger partial charge in [-0.2, -0.15) is 0 Å². The van der Waals surface area contributed by atoms with Gasteiger partial charge in [0.05, 0.1) is 13.2 Å². The van der Waals surface area contributed by atoms with Gasteiger partial charge in [-0.3, -0.25) is 0 Å². The van der Waals surface area contributed by atoms with Gasteiger partial charge in [0.1, 0.15) is 7.85 Å². The van der Waals surface area contributed by atoms with Gasteiger partial charge in [0.2, 0.25) is 5.95 Å². The predicted octanol–water partition coefficient (Wildman–Crippen LogP) is -0.893. The summed E-state index contributed by atoms with van der Waals surface area (Å²) in [6.07, 6.45) is 3.25. The van der Waals surface area contributed by atoms with E-state index in [1.54, 1.807) is 12.4 Å². The van der Waals surface area contributed by atoms with E-state index in [-0.39, 0.29) is 0 Å². The lowest BCUT2D eigenvalue weighted by atomic mass is 10.0. The molecule has 13 heavy (non-hydrogen) atoms. The van der Waals surface area contributed by atoms with Crippen LogP contribution < -0.4 is 10.4 Å². The van der Waals surface area contributed by atoms with Crippen LogP contribution in [0.5, 0.6) is 0 Å². The topological polar surface area (TPSA) is 38.2 Å². The van der Waals surface area contributed by atoms with Gasteiger partial charge in [0.25, 0.3) is 0 Å². The first-order chi connectivity index (χ1) is 6.36. The molecule has 2 radical (unpaired) electrons. The molecule has 1 aromatic rings. The predicted molar refractivity (Wildman–Crippen MR) is 50.5 cm³/mol. The Morgan fingerprint density at radius 3 is 2.46 bits per heavy atom. The Kier molecular flexibility index (Phi) is 2.45. The number of anilines is 1. The molecule has 0 aliphatic carbocycles. The van der Waals surface area contributed by atoms with Crippen LogP contribution in [-0.2, 0) is 4.74 Å². The molecule has 1 aliphatic rings. The summed E-state index contributed by atoms with van der Waals surface area (Å²) in [7, 11) is 5.49. The third kappa shape index (κ3) is 1.98. The summed E-state index contributed by atoms with van der Waals surface area (Å²) < 4.78 is 5.22. The molecule has 1 aliphatic heterocycles. The van der Waals surface area contributed by atoms with E-state index in [0.717, 1.165) is 32.3 Å². The largest absolute Gasteiger partial charge is 0.378 e. The van der Waals surface area contributed by atoms with E-state index < -0.39 is 0 Å². The van der Waals surface area contributed by atoms with Crippen LogP contribution in [-0.4, -0.2) is 44.1 Å². The maximum absolute atomic E-state index is 5.49. The van der Waals surface area contributed by atoms with Crippen molar-refractivity contribution < 1.29 is 4.74 Å². The standard InChI is InChI=1S/C8H10BN3O/c9-7-5-10-8(11-6-7)12-1-3-13-4-2-12/h5-6H,1-4H2. The van der Waals surface area contributed by atoms with Crippen LogP contribution in [0.15, 0.2) is 12.4 Å². The first-order valence-electron chi connectivity index (χ1n) is 4.26. The van der Waals surface area contributed by atoms with Crippen LogP contribution >= 0.6 is 0 Å². The van der Waals surface area contributed by atoms with Gasteiger partial charge in [0, 0.05) is 25.5 Å². The molecule has 5 heteroatoms. The van der Waals surface area contributed by atoms with Crippen molar-refractivity contribution >= 4 is 19.3 Å². The first-order valence-corrected chi connectivity index (χ1v) is 4.26. The Balaban J connectivity index is 2.10. The molecule has 0 saturated carbocycles. The number of morpholine rings is 1. The van der Waals surface area contributed by atoms with Gasteiger partial charge in [-0.05, 0) is 0 Å². The number of aromatic nitrogens is 2. The fourth-order valence-electron chi connectivity index (χ4n) is 1.26. The molecular weight excluding hydrogens is 165 g/mol. The van der Waals surface area contributed by atoms with Crippen LogP contribution in [0.2, 0.25) is 0 Å². The Morgan fingerprint density at radius 1 is 1.23 bits per heavy atom. The van der Waals surface area contributed by atoms with Crippen molar-refractivity contribution in [1.82, 2.24) is 9.97 Å². The number of hydrogen-bond donors (Lipinski definition) is 0. The Labute approximate surface area is 78.3 Å². The molecule has 1 fully saturated rings. The Morgan fingerprint density at radius 2 is 1.85 bits per heavy atom. The van der Waals surface area contributed by atoms with E-state index in [4.69, 9.17) is 12.6 Å². The second-order valence-electron chi connectivity index (χ2n) is 2.92. The zero-order chi connectivity index (χ0) is 9.10. The molecule has 0 atom stereocenters. The lowest BCUT2D eigenvalue weighted by Gasteiger charge is -2.26. The summed E-state index contributed by atoms with van der Waals surface area (Å²) in [5.74, 6) is 0.734. The van der Waals surface area contributed by atoms with Gasteiger partial charge < -0.3 is 9.64 Å². The third-order valence-electron chi connectivity index (χ3n) is 1.95. The number of hydrogen-bond acceptors (Lipinski definition) is 4. The van der Waals surface area contributed by atoms with E-state index in [2.05, 4.69) is 14.9 Å². The SMILES string of the molecule is [B]c1cnc(N2CCOCC2)nc1. The number of nitrogens with zero attached hydrogens (tertiary/aromatic N) is 3. The second kappa shape index (κ2) is 3.74. The minimum atomic E-state index is 0.594. The summed E-state index contributed by atoms with van der Waals surface area (Å²) in [6.45, 7) is 3.19. The fraction of sp³-hybridized carbons (Fsp3) is 0.500. The van der Waals surface area contributed by atoms with E-state index in [1.807, 2.05) is 0 Å². The summed E-state index contributed by atoms with van der Waals surface area (Å²) in [6, 6.07) is 0. The highest BCUT2D eigenvalue weighted by molar-refractivity contribution is 6.31. The lowest BCUT2D eigenvalue weighted by Crippen LogP contribution is -2.37. The van der Waals surface area contributed by atoms with Crippen LogP contribution in [0, 0.1) is 0 Å². The quantitative estimate of drug-likeness (QED) is 0.519. The van der Waals surface area contributed by atoms with Crippen molar-refractivity contribution in [2.24, 2.45) is 0 Å². The first kappa shape index (κ1) is 8.50. The molecule has 0 unspecified atom stereocenters. The summed E-state index contributed by atoms with van der Waals surface area (Å²) in [5.41, 5.74) is 0.594. The molecule has 66 valence electrons. The Bertz CT molecular complexity index is 271. The highest BCUT2D eigenvalue weighted by atomic mass is 16.5. The van der Waals surface area contributed by atoms with Crippen molar-refractivity contribution in [3.63, 3.8) is 0 Å². The van der Waals surface area contributed by atoms with Crippen LogP contribution in [0.3, 0.4) is 0 Å². The van der Waals surface area contributed by atoms with Gasteiger partial charge in [-0.15, -0.1) is 0 Å². The molecular formula is C8H10BN3O. The average molecular weight is 175 g/mol. The highest BCUT2D eigenvalue weighted by Crippen LogP contribution is 2.06. The third-order valence-corrected chi connectivity index (χ3v) is 1.95. The molecule has 1 aromatic heterocycles. The van der Waals surface area contributed by atoms with E-state index in [9.17, 15) is 0 Å². The molecule has 1 saturated heterocycles. The minimum Gasteiger partial charge on any atom is -0.378 e. The summed E-state index contributed by atoms with van der Waals surface area (Å²) in [5, 5.41) is 0. The van der Waals surface area contributed by atoms with Crippen LogP contribution in [0.1, 0.15) is 0 Å². The van der Waals surface area contributed by atoms with Gasteiger partial charge in [0.15, 0.2) is 0 Å². The monoisotopic (exact) mass is 175 g/mol. The van der Waals surface area contributed by atoms with Crippen LogP contribution in [0.25, 0.3) is 0 Å². The smallest absolute Gasteiger partial charge is 0.225 e. The molecule has 0 spiro atoms. The minimum absolute atomic E-state index is 0.594. The van der Waals surface area contributed by atoms with Crippen molar-refractivity contribution in [1.29, 1.82) is 0 Å². The highest BCUT2D eigenvalue weighted by Gasteiger charge is 2.12. The average Bonchev–Trinajstić information content (AvgIpc) is 2.20. The van der Waals surface area contributed by atoms with Gasteiger partial charge in [-0.1, -0.05) is 5.46 Å². The van der Waals surface area contributed by atoms with Crippen molar-refractivity contribution in [3.8, 4) is 0 Å². The Hall–Kier alpha value is -1.10. The van der Waals surface area contributed by atoms with E-state index in [0.29, 0.717) is 5.46 Å². The van der Waals surface area contributed by atoms with Crippen molar-refractivity contribution in [2.75, 3.05) is 31.2 Å². The number of rotatable bonds is 1. The van der Waals surface area contributed by atoms with Crippen LogP contribution in [0.4, 0.5) is 5.95 Å². The lowest BCUT2D eigenvalue weighted by molar-refractivity contribution is 0.122. The zero-order valence-electron chi connectivity index (χ0n) is 7.31. The van der Waals surface area contributed by atoms with Crippen molar-refractivity contribution in [3.05, 3.63) is 12.4 Å². The molecule has 2 rings (SSSR count). The van der Waals surface area contributed by atoms with E-state index >= 15 is 0 Å². The van der Waals surface area contributed by atoms with E-state index in [1.165, 1.54) is 0 Å². The second-order valence-corrected chi connectivity index (χ2v) is 2.92. The molecule has 0 bridgehead atoms. The maximum Gasteiger partial charge on any atom is 0.225 e.